The van der Waals surface area contributed by atoms with Gasteiger partial charge in [0, 0.05) is 55.7 Å². The number of aromatic nitrogens is 2. The number of aryl methyl sites for hydroxylation is 1. The summed E-state index contributed by atoms with van der Waals surface area (Å²) in [5, 5.41) is 25.6. The van der Waals surface area contributed by atoms with E-state index in [4.69, 9.17) is 9.97 Å². The fourth-order valence-corrected chi connectivity index (χ4v) is 5.20. The minimum absolute atomic E-state index is 0.120. The number of carboxylic acids is 1. The topological polar surface area (TPSA) is 134 Å². The van der Waals surface area contributed by atoms with Crippen LogP contribution in [0.25, 0.3) is 11.0 Å². The van der Waals surface area contributed by atoms with E-state index in [1.54, 1.807) is 31.3 Å². The van der Waals surface area contributed by atoms with E-state index in [0.717, 1.165) is 16.8 Å². The van der Waals surface area contributed by atoms with Crippen molar-refractivity contribution in [2.45, 2.75) is 19.9 Å². The van der Waals surface area contributed by atoms with Crippen LogP contribution in [0.15, 0.2) is 60.7 Å². The van der Waals surface area contributed by atoms with E-state index in [0.29, 0.717) is 54.3 Å². The molecule has 208 valence electrons. The molecule has 2 heterocycles. The third-order valence-corrected chi connectivity index (χ3v) is 7.33. The number of piperazine rings is 1. The second-order valence-corrected chi connectivity index (χ2v) is 10.0. The van der Waals surface area contributed by atoms with Gasteiger partial charge in [-0.3, -0.25) is 4.79 Å². The lowest BCUT2D eigenvalue weighted by atomic mass is 10.0. The zero-order chi connectivity index (χ0) is 29.1. The number of amides is 1. The summed E-state index contributed by atoms with van der Waals surface area (Å²) in [5.74, 6) is -0.583. The van der Waals surface area contributed by atoms with Gasteiger partial charge in [0.15, 0.2) is 11.5 Å². The van der Waals surface area contributed by atoms with E-state index in [9.17, 15) is 20.0 Å². The van der Waals surface area contributed by atoms with Crippen LogP contribution in [-0.4, -0.2) is 60.2 Å². The van der Waals surface area contributed by atoms with Gasteiger partial charge in [0.05, 0.1) is 22.6 Å². The molecule has 4 aromatic rings. The molecule has 0 radical (unpaired) electrons. The summed E-state index contributed by atoms with van der Waals surface area (Å²) in [4.78, 5) is 37.6. The van der Waals surface area contributed by atoms with E-state index in [-0.39, 0.29) is 23.2 Å². The Labute approximate surface area is 238 Å². The number of hydrogen-bond acceptors (Lipinski definition) is 8. The van der Waals surface area contributed by atoms with Gasteiger partial charge in [-0.1, -0.05) is 18.2 Å². The molecule has 1 aliphatic rings. The predicted octanol–water partition coefficient (Wildman–Crippen LogP) is 4.37. The maximum Gasteiger partial charge on any atom is 0.337 e. The Morgan fingerprint density at radius 2 is 1.68 bits per heavy atom. The molecule has 0 unspecified atom stereocenters. The zero-order valence-corrected chi connectivity index (χ0v) is 23.2. The first-order valence-electron chi connectivity index (χ1n) is 13.4. The van der Waals surface area contributed by atoms with E-state index in [1.807, 2.05) is 50.2 Å². The SMILES string of the molecule is CNC(=O)c1ccc(N2CCN(c3nc4c([C@@H](C)Nc5ccccc5C(=O)O)cc(C)cc4nc3C#N)CC2)cc1. The largest absolute Gasteiger partial charge is 0.478 e. The summed E-state index contributed by atoms with van der Waals surface area (Å²) in [6.45, 7) is 6.65. The molecule has 41 heavy (non-hydrogen) atoms. The molecular weight excluding hydrogens is 518 g/mol. The van der Waals surface area contributed by atoms with Crippen LogP contribution < -0.4 is 20.4 Å². The van der Waals surface area contributed by atoms with Crippen LogP contribution >= 0.6 is 0 Å². The molecule has 10 heteroatoms. The number of nitriles is 1. The van der Waals surface area contributed by atoms with Gasteiger partial charge in [-0.2, -0.15) is 5.26 Å². The Morgan fingerprint density at radius 1 is 1.00 bits per heavy atom. The van der Waals surface area contributed by atoms with Gasteiger partial charge >= 0.3 is 5.97 Å². The second-order valence-electron chi connectivity index (χ2n) is 10.0. The van der Waals surface area contributed by atoms with Crippen molar-refractivity contribution in [2.24, 2.45) is 0 Å². The van der Waals surface area contributed by atoms with E-state index in [1.165, 1.54) is 0 Å². The number of hydrogen-bond donors (Lipinski definition) is 3. The molecule has 3 aromatic carbocycles. The lowest BCUT2D eigenvalue weighted by molar-refractivity contribution is 0.0697. The minimum atomic E-state index is -1.00. The highest BCUT2D eigenvalue weighted by atomic mass is 16.4. The molecule has 1 saturated heterocycles. The first-order chi connectivity index (χ1) is 19.8. The number of carbonyl (C=O) groups is 2. The molecule has 3 N–H and O–H groups in total. The molecule has 1 atom stereocenters. The Kier molecular flexibility index (Phi) is 7.70. The third-order valence-electron chi connectivity index (χ3n) is 7.33. The normalized spacial score (nSPS) is 13.9. The van der Waals surface area contributed by atoms with Crippen LogP contribution in [0.4, 0.5) is 17.2 Å². The molecule has 10 nitrogen and oxygen atoms in total. The molecule has 1 amide bonds. The summed E-state index contributed by atoms with van der Waals surface area (Å²) in [5.41, 5.74) is 5.75. The molecule has 1 aliphatic heterocycles. The number of rotatable bonds is 7. The third kappa shape index (κ3) is 5.61. The van der Waals surface area contributed by atoms with E-state index < -0.39 is 5.97 Å². The molecule has 0 aliphatic carbocycles. The Hall–Kier alpha value is -5.17. The van der Waals surface area contributed by atoms with E-state index >= 15 is 0 Å². The second kappa shape index (κ2) is 11.5. The molecule has 1 aromatic heterocycles. The van der Waals surface area contributed by atoms with Gasteiger partial charge in [-0.15, -0.1) is 0 Å². The van der Waals surface area contributed by atoms with Crippen LogP contribution in [0.1, 0.15) is 50.5 Å². The fourth-order valence-electron chi connectivity index (χ4n) is 5.20. The fraction of sp³-hybridized carbons (Fsp3) is 0.258. The minimum Gasteiger partial charge on any atom is -0.478 e. The van der Waals surface area contributed by atoms with Gasteiger partial charge in [0.1, 0.15) is 6.07 Å². The standard InChI is InChI=1S/C31H31N7O3/c1-19-16-24(20(2)34-25-7-5-4-6-23(25)31(40)41)28-26(17-19)35-27(18-32)29(36-28)38-14-12-37(13-15-38)22-10-8-21(9-11-22)30(39)33-3/h4-11,16-17,20,34H,12-15H2,1-3H3,(H,33,39)(H,40,41)/t20-/m1/s1. The average molecular weight is 550 g/mol. The predicted molar refractivity (Wildman–Crippen MR) is 159 cm³/mol. The number of nitrogens with zero attached hydrogens (tertiary/aromatic N) is 5. The molecule has 0 saturated carbocycles. The van der Waals surface area contributed by atoms with Gasteiger partial charge in [0.25, 0.3) is 5.91 Å². The monoisotopic (exact) mass is 549 g/mol. The lowest BCUT2D eigenvalue weighted by Crippen LogP contribution is -2.47. The summed E-state index contributed by atoms with van der Waals surface area (Å²) in [7, 11) is 1.61. The van der Waals surface area contributed by atoms with Crippen molar-refractivity contribution in [1.29, 1.82) is 5.26 Å². The number of aromatic carboxylic acids is 1. The van der Waals surface area contributed by atoms with Crippen LogP contribution in [-0.2, 0) is 0 Å². The van der Waals surface area contributed by atoms with Crippen molar-refractivity contribution >= 4 is 40.1 Å². The number of anilines is 3. The first-order valence-corrected chi connectivity index (χ1v) is 13.4. The van der Waals surface area contributed by atoms with Crippen LogP contribution in [0.3, 0.4) is 0 Å². The molecule has 0 spiro atoms. The summed E-state index contributed by atoms with van der Waals surface area (Å²) in [6, 6.07) is 20.2. The number of fused-ring (bicyclic) bond motifs is 1. The number of benzene rings is 3. The maximum absolute atomic E-state index is 11.9. The maximum atomic E-state index is 11.9. The van der Waals surface area contributed by atoms with Crippen molar-refractivity contribution in [3.8, 4) is 6.07 Å². The highest BCUT2D eigenvalue weighted by Gasteiger charge is 2.24. The first kappa shape index (κ1) is 27.4. The van der Waals surface area contributed by atoms with Crippen LogP contribution in [0.5, 0.6) is 0 Å². The quantitative estimate of drug-likeness (QED) is 0.307. The van der Waals surface area contributed by atoms with Crippen LogP contribution in [0.2, 0.25) is 0 Å². The number of carboxylic acid groups (broad SMARTS) is 1. The number of carbonyl (C=O) groups excluding carboxylic acids is 1. The van der Waals surface area contributed by atoms with Gasteiger partial charge in [0.2, 0.25) is 0 Å². The molecule has 0 bridgehead atoms. The van der Waals surface area contributed by atoms with Gasteiger partial charge < -0.3 is 25.5 Å². The lowest BCUT2D eigenvalue weighted by Gasteiger charge is -2.37. The molecule has 5 rings (SSSR count). The Balaban J connectivity index is 1.42. The Bertz CT molecular complexity index is 1660. The summed E-state index contributed by atoms with van der Waals surface area (Å²) in [6.07, 6.45) is 0. The molecular formula is C31H31N7O3. The Morgan fingerprint density at radius 3 is 2.34 bits per heavy atom. The van der Waals surface area contributed by atoms with Crippen molar-refractivity contribution in [3.63, 3.8) is 0 Å². The van der Waals surface area contributed by atoms with Gasteiger partial charge in [-0.05, 0) is 61.9 Å². The van der Waals surface area contributed by atoms with Crippen LogP contribution in [0, 0.1) is 18.3 Å². The highest BCUT2D eigenvalue weighted by Crippen LogP contribution is 2.31. The number of nitrogens with one attached hydrogen (secondary N) is 2. The van der Waals surface area contributed by atoms with Crippen molar-refractivity contribution in [1.82, 2.24) is 15.3 Å². The van der Waals surface area contributed by atoms with E-state index in [2.05, 4.69) is 26.5 Å². The van der Waals surface area contributed by atoms with Crippen molar-refractivity contribution in [3.05, 3.63) is 88.6 Å². The summed E-state index contributed by atoms with van der Waals surface area (Å²) < 4.78 is 0. The number of para-hydroxylation sites is 1. The highest BCUT2D eigenvalue weighted by molar-refractivity contribution is 5.95. The average Bonchev–Trinajstić information content (AvgIpc) is 2.99. The summed E-state index contributed by atoms with van der Waals surface area (Å²) >= 11 is 0. The zero-order valence-electron chi connectivity index (χ0n) is 23.2. The molecule has 1 fully saturated rings. The van der Waals surface area contributed by atoms with Crippen molar-refractivity contribution in [2.75, 3.05) is 48.3 Å². The smallest absolute Gasteiger partial charge is 0.337 e. The van der Waals surface area contributed by atoms with Crippen molar-refractivity contribution < 1.29 is 14.7 Å². The van der Waals surface area contributed by atoms with Gasteiger partial charge in [-0.25, -0.2) is 14.8 Å².